The minimum atomic E-state index is 0.538. The van der Waals surface area contributed by atoms with Crippen molar-refractivity contribution in [1.29, 1.82) is 0 Å². The lowest BCUT2D eigenvalue weighted by molar-refractivity contribution is 0.349. The Bertz CT molecular complexity index is 369. The smallest absolute Gasteiger partial charge is 0.0652 e. The van der Waals surface area contributed by atoms with Crippen molar-refractivity contribution < 1.29 is 0 Å². The van der Waals surface area contributed by atoms with Crippen molar-refractivity contribution in [2.45, 2.75) is 13.5 Å². The van der Waals surface area contributed by atoms with E-state index in [4.69, 9.17) is 34.8 Å². The molecule has 0 aliphatic heterocycles. The minimum absolute atomic E-state index is 0.538. The first kappa shape index (κ1) is 15.1. The maximum Gasteiger partial charge on any atom is 0.0652 e. The Balaban J connectivity index is 2.49. The molecule has 1 aromatic rings. The van der Waals surface area contributed by atoms with Crippen molar-refractivity contribution in [1.82, 2.24) is 10.2 Å². The van der Waals surface area contributed by atoms with Gasteiger partial charge in [0.25, 0.3) is 0 Å². The van der Waals surface area contributed by atoms with E-state index in [1.54, 1.807) is 12.1 Å². The highest BCUT2D eigenvalue weighted by Gasteiger charge is 2.08. The second kappa shape index (κ2) is 7.45. The molecule has 1 aromatic carbocycles. The summed E-state index contributed by atoms with van der Waals surface area (Å²) in [6.07, 6.45) is 0. The fraction of sp³-hybridized carbons (Fsp3) is 0.500. The molecule has 0 saturated carbocycles. The molecule has 2 nitrogen and oxygen atoms in total. The number of halogens is 3. The summed E-state index contributed by atoms with van der Waals surface area (Å²) in [5.74, 6) is 0. The van der Waals surface area contributed by atoms with Crippen LogP contribution >= 0.6 is 34.8 Å². The van der Waals surface area contributed by atoms with Crippen LogP contribution in [-0.2, 0) is 6.54 Å². The molecule has 17 heavy (non-hydrogen) atoms. The molecule has 1 N–H and O–H groups in total. The van der Waals surface area contributed by atoms with Crippen LogP contribution in [0.3, 0.4) is 0 Å². The topological polar surface area (TPSA) is 15.3 Å². The van der Waals surface area contributed by atoms with Gasteiger partial charge in [0.2, 0.25) is 0 Å². The number of nitrogens with one attached hydrogen (secondary N) is 1. The fourth-order valence-electron chi connectivity index (χ4n) is 1.37. The maximum absolute atomic E-state index is 6.10. The van der Waals surface area contributed by atoms with E-state index in [0.29, 0.717) is 21.6 Å². The van der Waals surface area contributed by atoms with Gasteiger partial charge in [-0.15, -0.1) is 0 Å². The highest BCUT2D eigenvalue weighted by atomic mass is 35.5. The van der Waals surface area contributed by atoms with Crippen molar-refractivity contribution in [2.24, 2.45) is 0 Å². The monoisotopic (exact) mass is 294 g/mol. The molecule has 0 heterocycles. The van der Waals surface area contributed by atoms with E-state index in [1.165, 1.54) is 0 Å². The zero-order chi connectivity index (χ0) is 12.8. The number of benzene rings is 1. The number of rotatable bonds is 6. The molecule has 5 heteroatoms. The normalized spacial score (nSPS) is 11.2. The number of hydrogen-bond acceptors (Lipinski definition) is 2. The Hall–Kier alpha value is 0.01000. The molecule has 1 rings (SSSR count). The first-order valence-electron chi connectivity index (χ1n) is 5.58. The summed E-state index contributed by atoms with van der Waals surface area (Å²) < 4.78 is 0. The van der Waals surface area contributed by atoms with E-state index in [0.717, 1.165) is 25.2 Å². The largest absolute Gasteiger partial charge is 0.311 e. The number of nitrogens with zero attached hydrogens (tertiary/aromatic N) is 1. The molecule has 0 aliphatic rings. The second-order valence-electron chi connectivity index (χ2n) is 3.89. The van der Waals surface area contributed by atoms with Crippen LogP contribution in [0.25, 0.3) is 0 Å². The van der Waals surface area contributed by atoms with E-state index in [2.05, 4.69) is 24.2 Å². The number of likely N-dealkylation sites (N-methyl/N-ethyl adjacent to an activating group) is 1. The Morgan fingerprint density at radius 3 is 2.47 bits per heavy atom. The SMILES string of the molecule is CCN(C)CCNCc1c(Cl)ccc(Cl)c1Cl. The van der Waals surface area contributed by atoms with Gasteiger partial charge in [-0.2, -0.15) is 0 Å². The highest BCUT2D eigenvalue weighted by molar-refractivity contribution is 6.44. The van der Waals surface area contributed by atoms with Gasteiger partial charge in [-0.25, -0.2) is 0 Å². The lowest BCUT2D eigenvalue weighted by Gasteiger charge is -2.15. The zero-order valence-electron chi connectivity index (χ0n) is 10.1. The predicted octanol–water partition coefficient (Wildman–Crippen LogP) is 3.69. The van der Waals surface area contributed by atoms with Gasteiger partial charge < -0.3 is 10.2 Å². The van der Waals surface area contributed by atoms with Crippen LogP contribution in [0.5, 0.6) is 0 Å². The van der Waals surface area contributed by atoms with Gasteiger partial charge in [-0.3, -0.25) is 0 Å². The molecule has 0 aliphatic carbocycles. The van der Waals surface area contributed by atoms with Crippen LogP contribution in [0.4, 0.5) is 0 Å². The van der Waals surface area contributed by atoms with Crippen molar-refractivity contribution in [3.8, 4) is 0 Å². The average Bonchev–Trinajstić information content (AvgIpc) is 2.32. The lowest BCUT2D eigenvalue weighted by atomic mass is 10.2. The molecular formula is C12H17Cl3N2. The molecule has 0 bridgehead atoms. The first-order chi connectivity index (χ1) is 8.06. The molecule has 0 unspecified atom stereocenters. The minimum Gasteiger partial charge on any atom is -0.311 e. The molecule has 96 valence electrons. The zero-order valence-corrected chi connectivity index (χ0v) is 12.3. The van der Waals surface area contributed by atoms with Gasteiger partial charge >= 0.3 is 0 Å². The van der Waals surface area contributed by atoms with Crippen LogP contribution in [0.2, 0.25) is 15.1 Å². The van der Waals surface area contributed by atoms with Gasteiger partial charge in [0.05, 0.1) is 10.0 Å². The first-order valence-corrected chi connectivity index (χ1v) is 6.71. The Kier molecular flexibility index (Phi) is 6.60. The third kappa shape index (κ3) is 4.65. The van der Waals surface area contributed by atoms with E-state index < -0.39 is 0 Å². The second-order valence-corrected chi connectivity index (χ2v) is 5.09. The molecule has 0 aromatic heterocycles. The van der Waals surface area contributed by atoms with Crippen molar-refractivity contribution in [3.63, 3.8) is 0 Å². The summed E-state index contributed by atoms with van der Waals surface area (Å²) in [4.78, 5) is 2.23. The van der Waals surface area contributed by atoms with Gasteiger partial charge in [0.15, 0.2) is 0 Å². The van der Waals surface area contributed by atoms with Crippen molar-refractivity contribution >= 4 is 34.8 Å². The summed E-state index contributed by atoms with van der Waals surface area (Å²) in [5.41, 5.74) is 0.861. The summed E-state index contributed by atoms with van der Waals surface area (Å²) in [5, 5.41) is 5.03. The number of hydrogen-bond donors (Lipinski definition) is 1. The highest BCUT2D eigenvalue weighted by Crippen LogP contribution is 2.31. The van der Waals surface area contributed by atoms with E-state index >= 15 is 0 Å². The molecule has 0 amide bonds. The Labute approximate surface area is 118 Å². The summed E-state index contributed by atoms with van der Waals surface area (Å²) in [6, 6.07) is 3.48. The van der Waals surface area contributed by atoms with Crippen LogP contribution in [0, 0.1) is 0 Å². The summed E-state index contributed by atoms with van der Waals surface area (Å²) in [6.45, 7) is 5.69. The van der Waals surface area contributed by atoms with Gasteiger partial charge in [0, 0.05) is 30.2 Å². The molecule has 0 radical (unpaired) electrons. The fourth-order valence-corrected chi connectivity index (χ4v) is 2.05. The summed E-state index contributed by atoms with van der Waals surface area (Å²) >= 11 is 18.1. The Morgan fingerprint density at radius 2 is 1.82 bits per heavy atom. The standard InChI is InChI=1S/C12H17Cl3N2/c1-3-17(2)7-6-16-8-9-10(13)4-5-11(14)12(9)15/h4-5,16H,3,6-8H2,1-2H3. The molecule has 0 fully saturated rings. The van der Waals surface area contributed by atoms with Crippen LogP contribution in [0.15, 0.2) is 12.1 Å². The maximum atomic E-state index is 6.10. The van der Waals surface area contributed by atoms with Crippen LogP contribution < -0.4 is 5.32 Å². The van der Waals surface area contributed by atoms with E-state index in [1.807, 2.05) is 0 Å². The third-order valence-corrected chi connectivity index (χ3v) is 3.85. The van der Waals surface area contributed by atoms with Gasteiger partial charge in [-0.05, 0) is 25.7 Å². The van der Waals surface area contributed by atoms with Gasteiger partial charge in [0.1, 0.15) is 0 Å². The predicted molar refractivity (Wildman–Crippen MR) is 76.3 cm³/mol. The van der Waals surface area contributed by atoms with Crippen LogP contribution in [-0.4, -0.2) is 31.6 Å². The summed E-state index contributed by atoms with van der Waals surface area (Å²) in [7, 11) is 2.08. The quantitative estimate of drug-likeness (QED) is 0.636. The molecular weight excluding hydrogens is 279 g/mol. The van der Waals surface area contributed by atoms with Crippen molar-refractivity contribution in [2.75, 3.05) is 26.7 Å². The Morgan fingerprint density at radius 1 is 1.18 bits per heavy atom. The third-order valence-electron chi connectivity index (χ3n) is 2.65. The van der Waals surface area contributed by atoms with Crippen LogP contribution in [0.1, 0.15) is 12.5 Å². The van der Waals surface area contributed by atoms with E-state index in [-0.39, 0.29) is 0 Å². The van der Waals surface area contributed by atoms with E-state index in [9.17, 15) is 0 Å². The molecule has 0 atom stereocenters. The lowest BCUT2D eigenvalue weighted by Crippen LogP contribution is -2.28. The van der Waals surface area contributed by atoms with Crippen molar-refractivity contribution in [3.05, 3.63) is 32.8 Å². The molecule has 0 saturated heterocycles. The molecule has 0 spiro atoms. The van der Waals surface area contributed by atoms with Gasteiger partial charge in [-0.1, -0.05) is 41.7 Å². The average molecular weight is 296 g/mol.